The minimum atomic E-state index is -0.438. The van der Waals surface area contributed by atoms with Crippen LogP contribution >= 0.6 is 0 Å². The molecule has 0 aliphatic rings. The van der Waals surface area contributed by atoms with Crippen LogP contribution in [0.4, 0.5) is 4.39 Å². The summed E-state index contributed by atoms with van der Waals surface area (Å²) < 4.78 is 18.8. The number of para-hydroxylation sites is 1. The van der Waals surface area contributed by atoms with Gasteiger partial charge in [0.05, 0.1) is 12.6 Å². The Morgan fingerprint density at radius 1 is 1.16 bits per heavy atom. The van der Waals surface area contributed by atoms with Crippen molar-refractivity contribution in [2.45, 2.75) is 13.5 Å². The topological polar surface area (TPSA) is 42.4 Å². The zero-order valence-electron chi connectivity index (χ0n) is 14.2. The van der Waals surface area contributed by atoms with Crippen molar-refractivity contribution in [3.8, 4) is 5.75 Å². The SMILES string of the molecule is CCN(Cc1ccc(OC)c(F)c1)C(=O)c1ccc2ccccc2n1. The molecule has 3 aromatic rings. The smallest absolute Gasteiger partial charge is 0.272 e. The minimum Gasteiger partial charge on any atom is -0.494 e. The molecular weight excluding hydrogens is 319 g/mol. The second-order valence-electron chi connectivity index (χ2n) is 5.68. The molecule has 4 nitrogen and oxygen atoms in total. The Balaban J connectivity index is 1.83. The molecule has 0 aliphatic heterocycles. The van der Waals surface area contributed by atoms with E-state index in [9.17, 15) is 9.18 Å². The molecule has 2 aromatic carbocycles. The highest BCUT2D eigenvalue weighted by Crippen LogP contribution is 2.19. The first-order valence-electron chi connectivity index (χ1n) is 8.10. The molecule has 0 atom stereocenters. The fraction of sp³-hybridized carbons (Fsp3) is 0.200. The Kier molecular flexibility index (Phi) is 4.93. The zero-order valence-corrected chi connectivity index (χ0v) is 14.2. The highest BCUT2D eigenvalue weighted by Gasteiger charge is 2.17. The molecule has 1 heterocycles. The number of carbonyl (C=O) groups excluding carboxylic acids is 1. The second kappa shape index (κ2) is 7.30. The number of fused-ring (bicyclic) bond motifs is 1. The third kappa shape index (κ3) is 3.60. The molecule has 0 spiro atoms. The van der Waals surface area contributed by atoms with Gasteiger partial charge in [-0.25, -0.2) is 9.37 Å². The van der Waals surface area contributed by atoms with Crippen molar-refractivity contribution >= 4 is 16.8 Å². The lowest BCUT2D eigenvalue weighted by molar-refractivity contribution is 0.0747. The molecule has 25 heavy (non-hydrogen) atoms. The zero-order chi connectivity index (χ0) is 17.8. The molecule has 0 N–H and O–H groups in total. The monoisotopic (exact) mass is 338 g/mol. The maximum atomic E-state index is 13.9. The molecule has 0 bridgehead atoms. The van der Waals surface area contributed by atoms with Crippen LogP contribution in [0.2, 0.25) is 0 Å². The van der Waals surface area contributed by atoms with E-state index in [1.165, 1.54) is 13.2 Å². The van der Waals surface area contributed by atoms with Gasteiger partial charge in [0.2, 0.25) is 0 Å². The van der Waals surface area contributed by atoms with Gasteiger partial charge in [-0.2, -0.15) is 0 Å². The number of hydrogen-bond acceptors (Lipinski definition) is 3. The van der Waals surface area contributed by atoms with E-state index < -0.39 is 5.82 Å². The first-order valence-corrected chi connectivity index (χ1v) is 8.10. The predicted molar refractivity (Wildman–Crippen MR) is 95.1 cm³/mol. The average Bonchev–Trinajstić information content (AvgIpc) is 2.65. The molecule has 1 aromatic heterocycles. The van der Waals surface area contributed by atoms with E-state index in [4.69, 9.17) is 4.74 Å². The average molecular weight is 338 g/mol. The van der Waals surface area contributed by atoms with Crippen LogP contribution in [0.1, 0.15) is 23.0 Å². The Bertz CT molecular complexity index is 911. The van der Waals surface area contributed by atoms with Gasteiger partial charge in [-0.1, -0.05) is 30.3 Å². The standard InChI is InChI=1S/C20H19FN2O2/c1-3-23(13-14-8-11-19(25-2)16(21)12-14)20(24)18-10-9-15-6-4-5-7-17(15)22-18/h4-12H,3,13H2,1-2H3. The van der Waals surface area contributed by atoms with Crippen molar-refractivity contribution in [1.82, 2.24) is 9.88 Å². The summed E-state index contributed by atoms with van der Waals surface area (Å²) in [7, 11) is 1.42. The van der Waals surface area contributed by atoms with Crippen molar-refractivity contribution < 1.29 is 13.9 Å². The third-order valence-electron chi connectivity index (χ3n) is 4.08. The number of amides is 1. The van der Waals surface area contributed by atoms with E-state index in [0.29, 0.717) is 24.3 Å². The van der Waals surface area contributed by atoms with Crippen LogP contribution in [0.25, 0.3) is 10.9 Å². The number of benzene rings is 2. The van der Waals surface area contributed by atoms with Gasteiger partial charge in [-0.05, 0) is 36.8 Å². The fourth-order valence-corrected chi connectivity index (χ4v) is 2.70. The number of ether oxygens (including phenoxy) is 1. The van der Waals surface area contributed by atoms with Crippen LogP contribution in [0.15, 0.2) is 54.6 Å². The van der Waals surface area contributed by atoms with Crippen molar-refractivity contribution in [2.24, 2.45) is 0 Å². The molecule has 0 aliphatic carbocycles. The fourth-order valence-electron chi connectivity index (χ4n) is 2.70. The highest BCUT2D eigenvalue weighted by molar-refractivity contribution is 5.94. The molecule has 1 amide bonds. The second-order valence-corrected chi connectivity index (χ2v) is 5.68. The van der Waals surface area contributed by atoms with E-state index in [1.807, 2.05) is 37.3 Å². The maximum absolute atomic E-state index is 13.9. The van der Waals surface area contributed by atoms with Crippen molar-refractivity contribution in [1.29, 1.82) is 0 Å². The van der Waals surface area contributed by atoms with Crippen LogP contribution in [-0.2, 0) is 6.54 Å². The molecule has 0 radical (unpaired) electrons. The molecule has 0 saturated carbocycles. The summed E-state index contributed by atoms with van der Waals surface area (Å²) in [5, 5.41) is 0.985. The summed E-state index contributed by atoms with van der Waals surface area (Å²) in [6, 6.07) is 16.0. The summed E-state index contributed by atoms with van der Waals surface area (Å²) in [4.78, 5) is 18.9. The summed E-state index contributed by atoms with van der Waals surface area (Å²) in [5.74, 6) is -0.425. The van der Waals surface area contributed by atoms with Gasteiger partial charge in [0.15, 0.2) is 11.6 Å². The number of nitrogens with zero attached hydrogens (tertiary/aromatic N) is 2. The molecule has 3 rings (SSSR count). The van der Waals surface area contributed by atoms with E-state index in [2.05, 4.69) is 4.98 Å². The lowest BCUT2D eigenvalue weighted by Crippen LogP contribution is -2.31. The number of methoxy groups -OCH3 is 1. The van der Waals surface area contributed by atoms with Gasteiger partial charge >= 0.3 is 0 Å². The van der Waals surface area contributed by atoms with Crippen LogP contribution < -0.4 is 4.74 Å². The molecule has 5 heteroatoms. The molecule has 128 valence electrons. The van der Waals surface area contributed by atoms with Gasteiger partial charge in [0, 0.05) is 18.5 Å². The van der Waals surface area contributed by atoms with Gasteiger partial charge in [0.25, 0.3) is 5.91 Å². The molecule has 0 unspecified atom stereocenters. The summed E-state index contributed by atoms with van der Waals surface area (Å²) in [6.45, 7) is 2.70. The van der Waals surface area contributed by atoms with Gasteiger partial charge in [-0.15, -0.1) is 0 Å². The number of carbonyl (C=O) groups is 1. The van der Waals surface area contributed by atoms with E-state index in [1.54, 1.807) is 23.1 Å². The van der Waals surface area contributed by atoms with Crippen LogP contribution in [-0.4, -0.2) is 29.4 Å². The Morgan fingerprint density at radius 2 is 1.96 bits per heavy atom. The first kappa shape index (κ1) is 16.9. The normalized spacial score (nSPS) is 10.7. The molecule has 0 saturated heterocycles. The van der Waals surface area contributed by atoms with E-state index >= 15 is 0 Å². The van der Waals surface area contributed by atoms with E-state index in [-0.39, 0.29) is 11.7 Å². The lowest BCUT2D eigenvalue weighted by Gasteiger charge is -2.21. The minimum absolute atomic E-state index is 0.176. The lowest BCUT2D eigenvalue weighted by atomic mass is 10.1. The number of rotatable bonds is 5. The summed E-state index contributed by atoms with van der Waals surface area (Å²) >= 11 is 0. The summed E-state index contributed by atoms with van der Waals surface area (Å²) in [5.41, 5.74) is 1.86. The Morgan fingerprint density at radius 3 is 2.68 bits per heavy atom. The Hall–Kier alpha value is -2.95. The number of halogens is 1. The maximum Gasteiger partial charge on any atom is 0.272 e. The highest BCUT2D eigenvalue weighted by atomic mass is 19.1. The van der Waals surface area contributed by atoms with Crippen LogP contribution in [0, 0.1) is 5.82 Å². The van der Waals surface area contributed by atoms with E-state index in [0.717, 1.165) is 10.9 Å². The number of hydrogen-bond donors (Lipinski definition) is 0. The number of aromatic nitrogens is 1. The quantitative estimate of drug-likeness (QED) is 0.705. The van der Waals surface area contributed by atoms with Gasteiger partial charge < -0.3 is 9.64 Å². The largest absolute Gasteiger partial charge is 0.494 e. The van der Waals surface area contributed by atoms with Crippen molar-refractivity contribution in [2.75, 3.05) is 13.7 Å². The molecular formula is C20H19FN2O2. The Labute approximate surface area is 145 Å². The number of pyridine rings is 1. The predicted octanol–water partition coefficient (Wildman–Crippen LogP) is 4.04. The summed E-state index contributed by atoms with van der Waals surface area (Å²) in [6.07, 6.45) is 0. The van der Waals surface area contributed by atoms with Gasteiger partial charge in [-0.3, -0.25) is 4.79 Å². The van der Waals surface area contributed by atoms with Crippen LogP contribution in [0.5, 0.6) is 5.75 Å². The molecule has 0 fully saturated rings. The third-order valence-corrected chi connectivity index (χ3v) is 4.08. The van der Waals surface area contributed by atoms with Crippen LogP contribution in [0.3, 0.4) is 0 Å². The van der Waals surface area contributed by atoms with Crippen molar-refractivity contribution in [3.05, 3.63) is 71.7 Å². The van der Waals surface area contributed by atoms with Crippen molar-refractivity contribution in [3.63, 3.8) is 0 Å². The van der Waals surface area contributed by atoms with Gasteiger partial charge in [0.1, 0.15) is 5.69 Å². The first-order chi connectivity index (χ1) is 12.1.